The first-order chi connectivity index (χ1) is 6.31. The number of carbonyl (C=O) groups excluding carboxylic acids is 1. The lowest BCUT2D eigenvalue weighted by molar-refractivity contribution is -0.0442. The number of thiophene rings is 1. The molecular weight excluding hydrogens is 256 g/mol. The fourth-order valence-corrected chi connectivity index (χ4v) is 2.73. The molecule has 2 rings (SSSR count). The summed E-state index contributed by atoms with van der Waals surface area (Å²) < 4.78 is 11.5. The second-order valence-corrected chi connectivity index (χ2v) is 4.97. The summed E-state index contributed by atoms with van der Waals surface area (Å²) in [4.78, 5) is 11.2. The minimum atomic E-state index is -0.306. The van der Waals surface area contributed by atoms with Crippen LogP contribution in [0.15, 0.2) is 9.85 Å². The maximum absolute atomic E-state index is 10.5. The standard InChI is InChI=1S/C8H7BrO3S/c9-7-6(3-5(4-10)13-7)8-11-1-2-12-8/h3-4,8H,1-2H2. The first-order valence-electron chi connectivity index (χ1n) is 3.79. The lowest BCUT2D eigenvalue weighted by atomic mass is 10.3. The van der Waals surface area contributed by atoms with Gasteiger partial charge < -0.3 is 9.47 Å². The lowest BCUT2D eigenvalue weighted by Crippen LogP contribution is -1.96. The molecule has 0 amide bonds. The summed E-state index contributed by atoms with van der Waals surface area (Å²) in [6, 6.07) is 1.79. The molecule has 0 aliphatic carbocycles. The van der Waals surface area contributed by atoms with Crippen molar-refractivity contribution in [3.05, 3.63) is 20.3 Å². The van der Waals surface area contributed by atoms with E-state index in [1.54, 1.807) is 6.07 Å². The third-order valence-corrected chi connectivity index (χ3v) is 3.53. The van der Waals surface area contributed by atoms with Crippen LogP contribution in [0, 0.1) is 0 Å². The quantitative estimate of drug-likeness (QED) is 0.768. The highest BCUT2D eigenvalue weighted by Crippen LogP contribution is 2.35. The average Bonchev–Trinajstić information content (AvgIpc) is 2.72. The zero-order valence-electron chi connectivity index (χ0n) is 6.66. The molecule has 1 aliphatic rings. The fraction of sp³-hybridized carbons (Fsp3) is 0.375. The molecule has 0 saturated carbocycles. The van der Waals surface area contributed by atoms with E-state index in [4.69, 9.17) is 9.47 Å². The molecule has 70 valence electrons. The molecule has 0 atom stereocenters. The van der Waals surface area contributed by atoms with E-state index < -0.39 is 0 Å². The molecular formula is C8H7BrO3S. The number of ether oxygens (including phenoxy) is 2. The topological polar surface area (TPSA) is 35.5 Å². The molecule has 13 heavy (non-hydrogen) atoms. The number of aldehydes is 1. The summed E-state index contributed by atoms with van der Waals surface area (Å²) in [5.74, 6) is 0. The molecule has 0 spiro atoms. The van der Waals surface area contributed by atoms with Crippen molar-refractivity contribution in [2.24, 2.45) is 0 Å². The predicted octanol–water partition coefficient (Wildman–Crippen LogP) is 2.37. The zero-order chi connectivity index (χ0) is 9.26. The summed E-state index contributed by atoms with van der Waals surface area (Å²) in [5.41, 5.74) is 0.907. The molecule has 1 fully saturated rings. The van der Waals surface area contributed by atoms with Crippen LogP contribution in [0.5, 0.6) is 0 Å². The fourth-order valence-electron chi connectivity index (χ4n) is 1.16. The zero-order valence-corrected chi connectivity index (χ0v) is 9.06. The minimum absolute atomic E-state index is 0.306. The van der Waals surface area contributed by atoms with Crippen molar-refractivity contribution in [1.82, 2.24) is 0 Å². The van der Waals surface area contributed by atoms with Gasteiger partial charge in [0.05, 0.1) is 21.9 Å². The Morgan fingerprint density at radius 3 is 2.77 bits per heavy atom. The smallest absolute Gasteiger partial charge is 0.185 e. The van der Waals surface area contributed by atoms with Crippen molar-refractivity contribution < 1.29 is 14.3 Å². The normalized spacial score (nSPS) is 17.9. The van der Waals surface area contributed by atoms with Gasteiger partial charge in [-0.05, 0) is 22.0 Å². The Hall–Kier alpha value is -0.230. The number of carbonyl (C=O) groups is 1. The summed E-state index contributed by atoms with van der Waals surface area (Å²) in [5, 5.41) is 0. The Kier molecular flexibility index (Phi) is 2.78. The van der Waals surface area contributed by atoms with Crippen molar-refractivity contribution in [3.63, 3.8) is 0 Å². The molecule has 1 aliphatic heterocycles. The van der Waals surface area contributed by atoms with Gasteiger partial charge in [0.1, 0.15) is 0 Å². The van der Waals surface area contributed by atoms with Crippen LogP contribution < -0.4 is 0 Å². The summed E-state index contributed by atoms with van der Waals surface area (Å²) >= 11 is 4.76. The Labute approximate surface area is 87.8 Å². The molecule has 2 heterocycles. The van der Waals surface area contributed by atoms with E-state index in [1.807, 2.05) is 0 Å². The Morgan fingerprint density at radius 1 is 1.54 bits per heavy atom. The van der Waals surface area contributed by atoms with Gasteiger partial charge in [-0.2, -0.15) is 0 Å². The molecule has 0 bridgehead atoms. The first kappa shape index (κ1) is 9.33. The van der Waals surface area contributed by atoms with E-state index in [-0.39, 0.29) is 6.29 Å². The van der Waals surface area contributed by atoms with Crippen LogP contribution in [-0.2, 0) is 9.47 Å². The number of hydrogen-bond acceptors (Lipinski definition) is 4. The van der Waals surface area contributed by atoms with E-state index in [0.29, 0.717) is 18.1 Å². The van der Waals surface area contributed by atoms with Crippen LogP contribution in [0.2, 0.25) is 0 Å². The summed E-state index contributed by atoms with van der Waals surface area (Å²) in [7, 11) is 0. The maximum atomic E-state index is 10.5. The Bertz CT molecular complexity index is 317. The van der Waals surface area contributed by atoms with E-state index in [2.05, 4.69) is 15.9 Å². The van der Waals surface area contributed by atoms with Crippen molar-refractivity contribution in [2.45, 2.75) is 6.29 Å². The summed E-state index contributed by atoms with van der Waals surface area (Å²) in [6.07, 6.45) is 0.521. The molecule has 0 N–H and O–H groups in total. The third-order valence-electron chi connectivity index (χ3n) is 1.72. The monoisotopic (exact) mass is 262 g/mol. The van der Waals surface area contributed by atoms with Crippen LogP contribution in [0.3, 0.4) is 0 Å². The van der Waals surface area contributed by atoms with Gasteiger partial charge in [-0.25, -0.2) is 0 Å². The number of hydrogen-bond donors (Lipinski definition) is 0. The van der Waals surface area contributed by atoms with Gasteiger partial charge >= 0.3 is 0 Å². The maximum Gasteiger partial charge on any atom is 0.185 e. The molecule has 0 unspecified atom stereocenters. The second kappa shape index (κ2) is 3.88. The molecule has 5 heteroatoms. The van der Waals surface area contributed by atoms with Gasteiger partial charge in [0.2, 0.25) is 0 Å². The van der Waals surface area contributed by atoms with Crippen molar-refractivity contribution in [3.8, 4) is 0 Å². The number of rotatable bonds is 2. The third kappa shape index (κ3) is 1.83. The van der Waals surface area contributed by atoms with E-state index in [0.717, 1.165) is 15.6 Å². The molecule has 0 aromatic carbocycles. The van der Waals surface area contributed by atoms with Crippen molar-refractivity contribution >= 4 is 33.6 Å². The van der Waals surface area contributed by atoms with E-state index in [9.17, 15) is 4.79 Å². The van der Waals surface area contributed by atoms with Crippen LogP contribution in [-0.4, -0.2) is 19.5 Å². The van der Waals surface area contributed by atoms with Crippen LogP contribution in [0.25, 0.3) is 0 Å². The van der Waals surface area contributed by atoms with E-state index in [1.165, 1.54) is 11.3 Å². The second-order valence-electron chi connectivity index (χ2n) is 2.57. The summed E-state index contributed by atoms with van der Waals surface area (Å²) in [6.45, 7) is 1.23. The SMILES string of the molecule is O=Cc1cc(C2OCCO2)c(Br)s1. The van der Waals surface area contributed by atoms with Gasteiger partial charge in [0, 0.05) is 5.56 Å². The van der Waals surface area contributed by atoms with Gasteiger partial charge in [-0.15, -0.1) is 11.3 Å². The largest absolute Gasteiger partial charge is 0.346 e. The highest BCUT2D eigenvalue weighted by atomic mass is 79.9. The molecule has 1 aromatic heterocycles. The van der Waals surface area contributed by atoms with Crippen LogP contribution >= 0.6 is 27.3 Å². The Balaban J connectivity index is 2.27. The molecule has 3 nitrogen and oxygen atoms in total. The molecule has 0 radical (unpaired) electrons. The Morgan fingerprint density at radius 2 is 2.23 bits per heavy atom. The minimum Gasteiger partial charge on any atom is -0.346 e. The van der Waals surface area contributed by atoms with Crippen LogP contribution in [0.1, 0.15) is 21.5 Å². The predicted molar refractivity (Wildman–Crippen MR) is 52.1 cm³/mol. The number of halogens is 1. The average molecular weight is 263 g/mol. The molecule has 1 aromatic rings. The van der Waals surface area contributed by atoms with Crippen molar-refractivity contribution in [1.29, 1.82) is 0 Å². The first-order valence-corrected chi connectivity index (χ1v) is 5.40. The lowest BCUT2D eigenvalue weighted by Gasteiger charge is -2.06. The van der Waals surface area contributed by atoms with Crippen LogP contribution in [0.4, 0.5) is 0 Å². The van der Waals surface area contributed by atoms with Gasteiger partial charge in [0.15, 0.2) is 12.6 Å². The van der Waals surface area contributed by atoms with Crippen molar-refractivity contribution in [2.75, 3.05) is 13.2 Å². The highest BCUT2D eigenvalue weighted by molar-refractivity contribution is 9.11. The molecule has 1 saturated heterocycles. The van der Waals surface area contributed by atoms with Gasteiger partial charge in [0.25, 0.3) is 0 Å². The van der Waals surface area contributed by atoms with Gasteiger partial charge in [-0.3, -0.25) is 4.79 Å². The van der Waals surface area contributed by atoms with E-state index >= 15 is 0 Å². The highest BCUT2D eigenvalue weighted by Gasteiger charge is 2.22. The van der Waals surface area contributed by atoms with Gasteiger partial charge in [-0.1, -0.05) is 0 Å².